The van der Waals surface area contributed by atoms with Crippen molar-refractivity contribution < 1.29 is 43.2 Å². The summed E-state index contributed by atoms with van der Waals surface area (Å²) in [6, 6.07) is 0.475. The highest BCUT2D eigenvalue weighted by molar-refractivity contribution is 5.70. The molecule has 0 aromatic rings. The van der Waals surface area contributed by atoms with Crippen LogP contribution in [0.15, 0.2) is 0 Å². The molecule has 1 saturated carbocycles. The zero-order chi connectivity index (χ0) is 50.4. The summed E-state index contributed by atoms with van der Waals surface area (Å²) >= 11 is 0. The van der Waals surface area contributed by atoms with E-state index in [1.54, 1.807) is 0 Å². The van der Waals surface area contributed by atoms with Crippen molar-refractivity contribution in [3.05, 3.63) is 0 Å². The molecular weight excluding hydrogens is 869 g/mol. The van der Waals surface area contributed by atoms with Crippen LogP contribution >= 0.6 is 0 Å². The van der Waals surface area contributed by atoms with Gasteiger partial charge in [0.15, 0.2) is 0 Å². The molecular formula is C58H110N2O9. The number of carbonyl (C=O) groups is 4. The van der Waals surface area contributed by atoms with Gasteiger partial charge in [-0.1, -0.05) is 150 Å². The lowest BCUT2D eigenvalue weighted by atomic mass is 9.84. The first-order valence-electron chi connectivity index (χ1n) is 29.4. The third kappa shape index (κ3) is 38.1. The molecule has 1 aliphatic carbocycles. The predicted octanol–water partition coefficient (Wildman–Crippen LogP) is 13.7. The van der Waals surface area contributed by atoms with Crippen LogP contribution < -0.4 is 0 Å². The molecule has 0 spiro atoms. The highest BCUT2D eigenvalue weighted by Crippen LogP contribution is 2.29. The molecule has 0 unspecified atom stereocenters. The number of hydrogen-bond acceptors (Lipinski definition) is 11. The molecule has 1 rings (SSSR count). The van der Waals surface area contributed by atoms with E-state index in [-0.39, 0.29) is 42.3 Å². The molecule has 11 heteroatoms. The van der Waals surface area contributed by atoms with E-state index in [4.69, 9.17) is 18.9 Å². The Morgan fingerprint density at radius 3 is 1.13 bits per heavy atom. The van der Waals surface area contributed by atoms with Crippen molar-refractivity contribution in [3.8, 4) is 0 Å². The zero-order valence-electron chi connectivity index (χ0n) is 45.7. The van der Waals surface area contributed by atoms with Gasteiger partial charge in [0, 0.05) is 56.7 Å². The average molecular weight is 980 g/mol. The molecule has 0 aromatic heterocycles. The molecule has 0 aliphatic heterocycles. The van der Waals surface area contributed by atoms with Gasteiger partial charge in [0.1, 0.15) is 0 Å². The number of unbranched alkanes of at least 4 members (excludes halogenated alkanes) is 18. The number of nitrogens with zero attached hydrogens (tertiary/aromatic N) is 2. The van der Waals surface area contributed by atoms with Crippen molar-refractivity contribution in [1.29, 1.82) is 0 Å². The first-order valence-corrected chi connectivity index (χ1v) is 29.4. The summed E-state index contributed by atoms with van der Waals surface area (Å²) < 4.78 is 22.9. The molecule has 406 valence electrons. The van der Waals surface area contributed by atoms with Crippen molar-refractivity contribution >= 4 is 23.9 Å². The van der Waals surface area contributed by atoms with E-state index in [9.17, 15) is 24.3 Å². The maximum absolute atomic E-state index is 12.6. The zero-order valence-corrected chi connectivity index (χ0v) is 45.7. The lowest BCUT2D eigenvalue weighted by Gasteiger charge is -2.38. The van der Waals surface area contributed by atoms with E-state index in [0.717, 1.165) is 161 Å². The second-order valence-electron chi connectivity index (χ2n) is 20.8. The first-order chi connectivity index (χ1) is 33.7. The standard InChI is InChI=1S/C58H110N2O9/c1-6-11-15-19-23-33-55(62)66-47-52(48-67-56(63)34-24-20-16-12-7-2)31-27-29-42-59(41-10-5)46-51-37-39-54(40-38-51)60(44-45-61)43-30-28-32-53(49-68-57(64)35-25-21-17-13-8-3)50-69-58(65)36-26-22-18-14-9-4/h51-54,61H,6-50H2,1-5H3. The molecule has 1 aliphatic rings. The summed E-state index contributed by atoms with van der Waals surface area (Å²) in [5.74, 6) is 0.113. The number of rotatable bonds is 49. The SMILES string of the molecule is CCCCCCCC(=O)OCC(CCCCN(CCC)CC1CCC(N(CCO)CCCCC(COC(=O)CCCCCCC)COC(=O)CCCCCCC)CC1)COC(=O)CCCCCCC. The van der Waals surface area contributed by atoms with Gasteiger partial charge in [-0.15, -0.1) is 0 Å². The van der Waals surface area contributed by atoms with Crippen LogP contribution in [0.3, 0.4) is 0 Å². The number of hydrogen-bond donors (Lipinski definition) is 1. The highest BCUT2D eigenvalue weighted by atomic mass is 16.6. The van der Waals surface area contributed by atoms with E-state index in [1.807, 2.05) is 0 Å². The molecule has 0 saturated heterocycles. The van der Waals surface area contributed by atoms with Gasteiger partial charge in [0.25, 0.3) is 0 Å². The third-order valence-corrected chi connectivity index (χ3v) is 14.3. The van der Waals surface area contributed by atoms with Crippen LogP contribution in [-0.2, 0) is 38.1 Å². The van der Waals surface area contributed by atoms with Gasteiger partial charge in [0.05, 0.1) is 33.0 Å². The molecule has 0 heterocycles. The number of aliphatic hydroxyl groups excluding tert-OH is 1. The predicted molar refractivity (Wildman–Crippen MR) is 283 cm³/mol. The fourth-order valence-corrected chi connectivity index (χ4v) is 9.84. The minimum atomic E-state index is -0.149. The van der Waals surface area contributed by atoms with Crippen molar-refractivity contribution in [3.63, 3.8) is 0 Å². The monoisotopic (exact) mass is 979 g/mol. The number of esters is 4. The van der Waals surface area contributed by atoms with E-state index >= 15 is 0 Å². The Kier molecular flexibility index (Phi) is 43.9. The van der Waals surface area contributed by atoms with Crippen LogP contribution in [-0.4, -0.2) is 111 Å². The Morgan fingerprint density at radius 2 is 0.783 bits per heavy atom. The lowest BCUT2D eigenvalue weighted by Crippen LogP contribution is -2.42. The molecule has 69 heavy (non-hydrogen) atoms. The topological polar surface area (TPSA) is 132 Å². The van der Waals surface area contributed by atoms with Crippen LogP contribution in [0.1, 0.15) is 259 Å². The van der Waals surface area contributed by atoms with Gasteiger partial charge in [0.2, 0.25) is 0 Å². The smallest absolute Gasteiger partial charge is 0.305 e. The highest BCUT2D eigenvalue weighted by Gasteiger charge is 2.27. The van der Waals surface area contributed by atoms with E-state index < -0.39 is 0 Å². The van der Waals surface area contributed by atoms with Gasteiger partial charge < -0.3 is 29.0 Å². The molecule has 0 bridgehead atoms. The Morgan fingerprint density at radius 1 is 0.420 bits per heavy atom. The van der Waals surface area contributed by atoms with E-state index in [0.29, 0.717) is 70.6 Å². The van der Waals surface area contributed by atoms with E-state index in [1.165, 1.54) is 64.2 Å². The number of carbonyl (C=O) groups excluding carboxylic acids is 4. The summed E-state index contributed by atoms with van der Waals surface area (Å²) in [5.41, 5.74) is 0. The Hall–Kier alpha value is -2.24. The average Bonchev–Trinajstić information content (AvgIpc) is 3.34. The molecule has 1 N–H and O–H groups in total. The van der Waals surface area contributed by atoms with Crippen LogP contribution in [0.25, 0.3) is 0 Å². The Bertz CT molecular complexity index is 1150. The van der Waals surface area contributed by atoms with Crippen molar-refractivity contribution in [2.24, 2.45) is 17.8 Å². The van der Waals surface area contributed by atoms with Gasteiger partial charge in [-0.3, -0.25) is 24.1 Å². The van der Waals surface area contributed by atoms with E-state index in [2.05, 4.69) is 44.4 Å². The fraction of sp³-hybridized carbons (Fsp3) is 0.931. The fourth-order valence-electron chi connectivity index (χ4n) is 9.84. The normalized spacial score (nSPS) is 15.1. The van der Waals surface area contributed by atoms with Crippen molar-refractivity contribution in [1.82, 2.24) is 9.80 Å². The number of ether oxygens (including phenoxy) is 4. The van der Waals surface area contributed by atoms with Crippen LogP contribution in [0.2, 0.25) is 0 Å². The quantitative estimate of drug-likeness (QED) is 0.0355. The van der Waals surface area contributed by atoms with Crippen LogP contribution in [0.5, 0.6) is 0 Å². The maximum atomic E-state index is 12.6. The van der Waals surface area contributed by atoms with Crippen molar-refractivity contribution in [2.45, 2.75) is 265 Å². The van der Waals surface area contributed by atoms with Gasteiger partial charge in [-0.25, -0.2) is 0 Å². The molecule has 11 nitrogen and oxygen atoms in total. The minimum absolute atomic E-state index is 0.00822. The van der Waals surface area contributed by atoms with Gasteiger partial charge >= 0.3 is 23.9 Å². The summed E-state index contributed by atoms with van der Waals surface area (Å²) in [4.78, 5) is 55.5. The molecule has 0 aromatic carbocycles. The summed E-state index contributed by atoms with van der Waals surface area (Å²) in [5, 5.41) is 10.1. The van der Waals surface area contributed by atoms with Crippen LogP contribution in [0, 0.1) is 17.8 Å². The Balaban J connectivity index is 2.64. The summed E-state index contributed by atoms with van der Waals surface area (Å²) in [7, 11) is 0. The summed E-state index contributed by atoms with van der Waals surface area (Å²) in [6.07, 6.45) is 35.2. The minimum Gasteiger partial charge on any atom is -0.465 e. The van der Waals surface area contributed by atoms with Crippen LogP contribution in [0.4, 0.5) is 0 Å². The first kappa shape index (κ1) is 64.8. The number of aliphatic hydroxyl groups is 1. The molecule has 0 amide bonds. The van der Waals surface area contributed by atoms with Gasteiger partial charge in [-0.2, -0.15) is 0 Å². The Labute approximate surface area is 424 Å². The van der Waals surface area contributed by atoms with Gasteiger partial charge in [-0.05, 0) is 109 Å². The lowest BCUT2D eigenvalue weighted by molar-refractivity contribution is -0.151. The summed E-state index contributed by atoms with van der Waals surface area (Å²) in [6.45, 7) is 17.3. The maximum Gasteiger partial charge on any atom is 0.305 e. The second-order valence-corrected chi connectivity index (χ2v) is 20.8. The largest absolute Gasteiger partial charge is 0.465 e. The molecule has 0 radical (unpaired) electrons. The molecule has 0 atom stereocenters. The molecule has 1 fully saturated rings. The van der Waals surface area contributed by atoms with Crippen molar-refractivity contribution in [2.75, 3.05) is 65.8 Å². The third-order valence-electron chi connectivity index (χ3n) is 14.3. The second kappa shape index (κ2) is 46.8.